The van der Waals surface area contributed by atoms with E-state index in [1.54, 1.807) is 0 Å². The topological polar surface area (TPSA) is 20.2 Å². The molecular weight excluding hydrogens is 172 g/mol. The molecule has 1 N–H and O–H groups in total. The molecule has 0 saturated heterocycles. The Labute approximate surface area is 88.9 Å². The van der Waals surface area contributed by atoms with E-state index in [0.717, 1.165) is 24.7 Å². The summed E-state index contributed by atoms with van der Waals surface area (Å²) in [4.78, 5) is 0. The van der Waals surface area contributed by atoms with E-state index < -0.39 is 0 Å². The number of aliphatic hydroxyl groups is 1. The maximum atomic E-state index is 9.70. The van der Waals surface area contributed by atoms with Crippen LogP contribution in [0.15, 0.2) is 0 Å². The Balaban J connectivity index is 2.27. The van der Waals surface area contributed by atoms with Crippen LogP contribution in [-0.4, -0.2) is 11.2 Å². The normalized spacial score (nSPS) is 31.1. The molecule has 3 atom stereocenters. The van der Waals surface area contributed by atoms with Gasteiger partial charge in [0.15, 0.2) is 0 Å². The van der Waals surface area contributed by atoms with E-state index in [1.165, 1.54) is 38.5 Å². The fourth-order valence-corrected chi connectivity index (χ4v) is 2.83. The van der Waals surface area contributed by atoms with Crippen molar-refractivity contribution in [2.75, 3.05) is 0 Å². The zero-order valence-electron chi connectivity index (χ0n) is 9.84. The van der Waals surface area contributed by atoms with Crippen LogP contribution in [0, 0.1) is 11.8 Å². The van der Waals surface area contributed by atoms with Crippen LogP contribution in [0.25, 0.3) is 0 Å². The number of hydrogen-bond acceptors (Lipinski definition) is 1. The Bertz CT molecular complexity index is 144. The van der Waals surface area contributed by atoms with Gasteiger partial charge in [-0.1, -0.05) is 46.0 Å². The van der Waals surface area contributed by atoms with Crippen LogP contribution in [0.5, 0.6) is 0 Å². The maximum Gasteiger partial charge on any atom is 0.0542 e. The third-order valence-corrected chi connectivity index (χ3v) is 3.52. The molecule has 1 fully saturated rings. The van der Waals surface area contributed by atoms with Gasteiger partial charge in [0.25, 0.3) is 0 Å². The average Bonchev–Trinajstić information content (AvgIpc) is 2.30. The van der Waals surface area contributed by atoms with Crippen molar-refractivity contribution in [2.24, 2.45) is 11.8 Å². The summed E-state index contributed by atoms with van der Waals surface area (Å²) in [5, 5.41) is 9.70. The van der Waals surface area contributed by atoms with Crippen LogP contribution in [0.2, 0.25) is 0 Å². The fraction of sp³-hybridized carbons (Fsp3) is 1.00. The molecule has 84 valence electrons. The molecular formula is C13H26O. The summed E-state index contributed by atoms with van der Waals surface area (Å²) in [7, 11) is 0. The molecule has 0 aliphatic heterocycles. The van der Waals surface area contributed by atoms with Crippen molar-refractivity contribution in [3.63, 3.8) is 0 Å². The predicted molar refractivity (Wildman–Crippen MR) is 61.3 cm³/mol. The first-order valence-electron chi connectivity index (χ1n) is 6.40. The molecule has 0 heterocycles. The van der Waals surface area contributed by atoms with Crippen molar-refractivity contribution >= 4 is 0 Å². The lowest BCUT2D eigenvalue weighted by Gasteiger charge is -2.20. The maximum absolute atomic E-state index is 9.70. The zero-order chi connectivity index (χ0) is 10.4. The van der Waals surface area contributed by atoms with Crippen LogP contribution >= 0.6 is 0 Å². The number of hydrogen-bond donors (Lipinski definition) is 1. The molecule has 1 saturated carbocycles. The SMILES string of the molecule is CCCC(C)CC1CCCCC(O)C1. The van der Waals surface area contributed by atoms with E-state index in [2.05, 4.69) is 13.8 Å². The van der Waals surface area contributed by atoms with Crippen molar-refractivity contribution in [1.29, 1.82) is 0 Å². The first-order chi connectivity index (χ1) is 6.72. The summed E-state index contributed by atoms with van der Waals surface area (Å²) in [6.45, 7) is 4.62. The molecule has 3 unspecified atom stereocenters. The molecule has 0 bridgehead atoms. The summed E-state index contributed by atoms with van der Waals surface area (Å²) >= 11 is 0. The summed E-state index contributed by atoms with van der Waals surface area (Å²) in [6.07, 6.45) is 10.0. The molecule has 1 rings (SSSR count). The van der Waals surface area contributed by atoms with Crippen LogP contribution in [-0.2, 0) is 0 Å². The molecule has 1 heteroatoms. The predicted octanol–water partition coefficient (Wildman–Crippen LogP) is 3.75. The fourth-order valence-electron chi connectivity index (χ4n) is 2.83. The minimum Gasteiger partial charge on any atom is -0.393 e. The van der Waals surface area contributed by atoms with Gasteiger partial charge in [-0.25, -0.2) is 0 Å². The zero-order valence-corrected chi connectivity index (χ0v) is 9.84. The quantitative estimate of drug-likeness (QED) is 0.682. The first-order valence-corrected chi connectivity index (χ1v) is 6.40. The van der Waals surface area contributed by atoms with Gasteiger partial charge in [-0.15, -0.1) is 0 Å². The lowest BCUT2D eigenvalue weighted by molar-refractivity contribution is 0.135. The molecule has 14 heavy (non-hydrogen) atoms. The molecule has 0 aromatic rings. The molecule has 1 aliphatic carbocycles. The van der Waals surface area contributed by atoms with Gasteiger partial charge in [-0.3, -0.25) is 0 Å². The highest BCUT2D eigenvalue weighted by Gasteiger charge is 2.19. The molecule has 0 radical (unpaired) electrons. The van der Waals surface area contributed by atoms with Gasteiger partial charge in [-0.05, 0) is 31.1 Å². The minimum absolute atomic E-state index is 0.00340. The van der Waals surface area contributed by atoms with Crippen LogP contribution in [0.4, 0.5) is 0 Å². The number of aliphatic hydroxyl groups excluding tert-OH is 1. The Kier molecular flexibility index (Phi) is 5.54. The first kappa shape index (κ1) is 12.0. The Hall–Kier alpha value is -0.0400. The summed E-state index contributed by atoms with van der Waals surface area (Å²) in [5.41, 5.74) is 0. The van der Waals surface area contributed by atoms with Gasteiger partial charge >= 0.3 is 0 Å². The second-order valence-corrected chi connectivity index (χ2v) is 5.17. The largest absolute Gasteiger partial charge is 0.393 e. The molecule has 0 spiro atoms. The van der Waals surface area contributed by atoms with Crippen LogP contribution in [0.1, 0.15) is 65.2 Å². The van der Waals surface area contributed by atoms with Crippen LogP contribution < -0.4 is 0 Å². The minimum atomic E-state index is -0.00340. The lowest BCUT2D eigenvalue weighted by Crippen LogP contribution is -2.13. The average molecular weight is 198 g/mol. The van der Waals surface area contributed by atoms with Crippen molar-refractivity contribution in [3.05, 3.63) is 0 Å². The molecule has 1 aliphatic rings. The van der Waals surface area contributed by atoms with Crippen molar-refractivity contribution in [3.8, 4) is 0 Å². The third kappa shape index (κ3) is 4.45. The van der Waals surface area contributed by atoms with E-state index in [1.807, 2.05) is 0 Å². The summed E-state index contributed by atoms with van der Waals surface area (Å²) in [5.74, 6) is 1.66. The second kappa shape index (κ2) is 6.44. The summed E-state index contributed by atoms with van der Waals surface area (Å²) in [6, 6.07) is 0. The Morgan fingerprint density at radius 2 is 2.00 bits per heavy atom. The second-order valence-electron chi connectivity index (χ2n) is 5.17. The van der Waals surface area contributed by atoms with Gasteiger partial charge in [0.05, 0.1) is 6.10 Å². The van der Waals surface area contributed by atoms with Crippen molar-refractivity contribution < 1.29 is 5.11 Å². The van der Waals surface area contributed by atoms with Crippen molar-refractivity contribution in [1.82, 2.24) is 0 Å². The van der Waals surface area contributed by atoms with Gasteiger partial charge < -0.3 is 5.11 Å². The highest BCUT2D eigenvalue weighted by atomic mass is 16.3. The smallest absolute Gasteiger partial charge is 0.0542 e. The van der Waals surface area contributed by atoms with E-state index >= 15 is 0 Å². The van der Waals surface area contributed by atoms with Gasteiger partial charge in [0.1, 0.15) is 0 Å². The van der Waals surface area contributed by atoms with Crippen LogP contribution in [0.3, 0.4) is 0 Å². The third-order valence-electron chi connectivity index (χ3n) is 3.52. The van der Waals surface area contributed by atoms with Gasteiger partial charge in [0.2, 0.25) is 0 Å². The standard InChI is InChI=1S/C13H26O/c1-3-6-11(2)9-12-7-4-5-8-13(14)10-12/h11-14H,3-10H2,1-2H3. The van der Waals surface area contributed by atoms with Gasteiger partial charge in [0, 0.05) is 0 Å². The molecule has 0 aromatic carbocycles. The highest BCUT2D eigenvalue weighted by molar-refractivity contribution is 4.72. The molecule has 0 aromatic heterocycles. The highest BCUT2D eigenvalue weighted by Crippen LogP contribution is 2.29. The van der Waals surface area contributed by atoms with E-state index in [0.29, 0.717) is 0 Å². The molecule has 1 nitrogen and oxygen atoms in total. The van der Waals surface area contributed by atoms with Gasteiger partial charge in [-0.2, -0.15) is 0 Å². The summed E-state index contributed by atoms with van der Waals surface area (Å²) < 4.78 is 0. The Morgan fingerprint density at radius 3 is 2.71 bits per heavy atom. The van der Waals surface area contributed by atoms with E-state index in [-0.39, 0.29) is 6.10 Å². The van der Waals surface area contributed by atoms with E-state index in [9.17, 15) is 5.11 Å². The lowest BCUT2D eigenvalue weighted by atomic mass is 9.87. The monoisotopic (exact) mass is 198 g/mol. The molecule has 0 amide bonds. The van der Waals surface area contributed by atoms with Crippen molar-refractivity contribution in [2.45, 2.75) is 71.3 Å². The number of rotatable bonds is 4. The van der Waals surface area contributed by atoms with E-state index in [4.69, 9.17) is 0 Å². The Morgan fingerprint density at radius 1 is 1.29 bits per heavy atom.